The van der Waals surface area contributed by atoms with E-state index in [9.17, 15) is 4.79 Å². The highest BCUT2D eigenvalue weighted by atomic mass is 32.1. The van der Waals surface area contributed by atoms with E-state index in [0.29, 0.717) is 9.88 Å². The first-order valence-corrected chi connectivity index (χ1v) is 6.50. The van der Waals surface area contributed by atoms with Crippen LogP contribution in [0.4, 0.5) is 10.7 Å². The van der Waals surface area contributed by atoms with Gasteiger partial charge in [0.25, 0.3) is 0 Å². The largest absolute Gasteiger partial charge is 0.465 e. The van der Waals surface area contributed by atoms with Crippen LogP contribution in [0.25, 0.3) is 0 Å². The molecule has 2 N–H and O–H groups in total. The van der Waals surface area contributed by atoms with Crippen molar-refractivity contribution in [2.45, 2.75) is 0 Å². The lowest BCUT2D eigenvalue weighted by Crippen LogP contribution is -2.29. The number of rotatable bonds is 5. The fraction of sp³-hybridized carbons (Fsp3) is 0.500. The number of nitriles is 1. The average Bonchev–Trinajstić information content (AvgIpc) is 2.72. The second-order valence-electron chi connectivity index (χ2n) is 4.35. The first-order valence-electron chi connectivity index (χ1n) is 5.68. The maximum absolute atomic E-state index is 11.8. The van der Waals surface area contributed by atoms with Crippen molar-refractivity contribution < 1.29 is 9.53 Å². The Hall–Kier alpha value is -1.78. The normalized spacial score (nSPS) is 10.3. The number of nitrogens with two attached hydrogens (primary N) is 1. The van der Waals surface area contributed by atoms with Crippen LogP contribution in [0.5, 0.6) is 0 Å². The Balaban J connectivity index is 3.12. The van der Waals surface area contributed by atoms with Gasteiger partial charge >= 0.3 is 5.97 Å². The molecule has 1 aromatic rings. The maximum Gasteiger partial charge on any atom is 0.343 e. The quantitative estimate of drug-likeness (QED) is 0.811. The monoisotopic (exact) mass is 282 g/mol. The Kier molecular flexibility index (Phi) is 5.15. The third-order valence-corrected chi connectivity index (χ3v) is 3.87. The third kappa shape index (κ3) is 3.36. The highest BCUT2D eigenvalue weighted by molar-refractivity contribution is 7.17. The molecule has 1 heterocycles. The number of methoxy groups -OCH3 is 1. The minimum Gasteiger partial charge on any atom is -0.465 e. The molecule has 0 aromatic carbocycles. The number of carbonyl (C=O) groups excluding carboxylic acids is 1. The first kappa shape index (κ1) is 15.3. The number of nitrogens with zero attached hydrogens (tertiary/aromatic N) is 3. The third-order valence-electron chi connectivity index (χ3n) is 2.65. The molecule has 0 saturated carbocycles. The Morgan fingerprint density at radius 2 is 2.05 bits per heavy atom. The molecule has 1 rings (SSSR count). The highest BCUT2D eigenvalue weighted by Crippen LogP contribution is 2.37. The van der Waals surface area contributed by atoms with Gasteiger partial charge in [0, 0.05) is 20.1 Å². The van der Waals surface area contributed by atoms with E-state index in [1.807, 2.05) is 37.0 Å². The lowest BCUT2D eigenvalue weighted by Gasteiger charge is -2.20. The summed E-state index contributed by atoms with van der Waals surface area (Å²) < 4.78 is 4.73. The first-order chi connectivity index (χ1) is 8.92. The van der Waals surface area contributed by atoms with Gasteiger partial charge in [0.1, 0.15) is 21.5 Å². The standard InChI is InChI=1S/C12H18N4O2S/c1-15(2)5-6-16(3)11-9(12(17)18-4)10(14)8(7-13)19-11/h5-6,14H2,1-4H3. The van der Waals surface area contributed by atoms with E-state index < -0.39 is 5.97 Å². The summed E-state index contributed by atoms with van der Waals surface area (Å²) in [6, 6.07) is 2.00. The van der Waals surface area contributed by atoms with Crippen LogP contribution in [0.3, 0.4) is 0 Å². The molecule has 1 aromatic heterocycles. The number of hydrogen-bond donors (Lipinski definition) is 1. The second-order valence-corrected chi connectivity index (χ2v) is 5.35. The molecule has 0 spiro atoms. The molecule has 19 heavy (non-hydrogen) atoms. The Labute approximate surface area is 117 Å². The summed E-state index contributed by atoms with van der Waals surface area (Å²) in [6.07, 6.45) is 0. The summed E-state index contributed by atoms with van der Waals surface area (Å²) in [4.78, 5) is 16.1. The Morgan fingerprint density at radius 3 is 2.53 bits per heavy atom. The predicted molar refractivity (Wildman–Crippen MR) is 76.6 cm³/mol. The van der Waals surface area contributed by atoms with Crippen molar-refractivity contribution in [2.24, 2.45) is 0 Å². The molecule has 0 saturated heterocycles. The summed E-state index contributed by atoms with van der Waals surface area (Å²) in [5, 5.41) is 9.68. The van der Waals surface area contributed by atoms with Crippen LogP contribution in [-0.2, 0) is 4.74 Å². The summed E-state index contributed by atoms with van der Waals surface area (Å²) in [6.45, 7) is 1.55. The molecule has 0 aliphatic carbocycles. The summed E-state index contributed by atoms with van der Waals surface area (Å²) >= 11 is 1.21. The minimum absolute atomic E-state index is 0.200. The molecule has 0 amide bonds. The molecule has 104 valence electrons. The Bertz CT molecular complexity index is 505. The smallest absolute Gasteiger partial charge is 0.343 e. The van der Waals surface area contributed by atoms with E-state index >= 15 is 0 Å². The van der Waals surface area contributed by atoms with Crippen LogP contribution in [0.2, 0.25) is 0 Å². The molecule has 0 unspecified atom stereocenters. The van der Waals surface area contributed by atoms with Crippen molar-refractivity contribution in [3.63, 3.8) is 0 Å². The number of hydrogen-bond acceptors (Lipinski definition) is 7. The van der Waals surface area contributed by atoms with E-state index in [-0.39, 0.29) is 11.3 Å². The van der Waals surface area contributed by atoms with Gasteiger partial charge in [0.15, 0.2) is 0 Å². The van der Waals surface area contributed by atoms with Gasteiger partial charge in [-0.25, -0.2) is 4.79 Å². The number of esters is 1. The fourth-order valence-electron chi connectivity index (χ4n) is 1.53. The van der Waals surface area contributed by atoms with Gasteiger partial charge in [0.05, 0.1) is 12.8 Å². The van der Waals surface area contributed by atoms with Crippen molar-refractivity contribution in [1.29, 1.82) is 5.26 Å². The van der Waals surface area contributed by atoms with Gasteiger partial charge in [-0.3, -0.25) is 0 Å². The van der Waals surface area contributed by atoms with Gasteiger partial charge in [0.2, 0.25) is 0 Å². The topological polar surface area (TPSA) is 82.6 Å². The molecule has 0 radical (unpaired) electrons. The molecule has 0 aliphatic rings. The van der Waals surface area contributed by atoms with E-state index in [1.54, 1.807) is 0 Å². The Morgan fingerprint density at radius 1 is 1.42 bits per heavy atom. The SMILES string of the molecule is COC(=O)c1c(N(C)CCN(C)C)sc(C#N)c1N. The molecule has 0 atom stereocenters. The molecule has 0 fully saturated rings. The zero-order valence-corrected chi connectivity index (χ0v) is 12.4. The van der Waals surface area contributed by atoms with E-state index in [0.717, 1.165) is 13.1 Å². The fourth-order valence-corrected chi connectivity index (χ4v) is 2.53. The number of nitrogen functional groups attached to an aromatic ring is 1. The molecule has 0 bridgehead atoms. The lowest BCUT2D eigenvalue weighted by molar-refractivity contribution is 0.0603. The number of thiophene rings is 1. The number of carbonyl (C=O) groups is 1. The number of likely N-dealkylation sites (N-methyl/N-ethyl adjacent to an activating group) is 2. The van der Waals surface area contributed by atoms with Crippen molar-refractivity contribution in [3.05, 3.63) is 10.4 Å². The molecular formula is C12H18N4O2S. The molecule has 7 heteroatoms. The lowest BCUT2D eigenvalue weighted by atomic mass is 10.2. The summed E-state index contributed by atoms with van der Waals surface area (Å²) in [5.74, 6) is -0.512. The van der Waals surface area contributed by atoms with Crippen LogP contribution in [0, 0.1) is 11.3 Å². The summed E-state index contributed by atoms with van der Waals surface area (Å²) in [5.41, 5.74) is 6.32. The number of ether oxygens (including phenoxy) is 1. The van der Waals surface area contributed by atoms with Gasteiger partial charge < -0.3 is 20.3 Å². The van der Waals surface area contributed by atoms with Gasteiger partial charge in [-0.1, -0.05) is 0 Å². The summed E-state index contributed by atoms with van der Waals surface area (Å²) in [7, 11) is 7.11. The highest BCUT2D eigenvalue weighted by Gasteiger charge is 2.24. The molecule has 0 aliphatic heterocycles. The molecule has 6 nitrogen and oxygen atoms in total. The maximum atomic E-state index is 11.8. The van der Waals surface area contributed by atoms with Crippen molar-refractivity contribution in [3.8, 4) is 6.07 Å². The van der Waals surface area contributed by atoms with Gasteiger partial charge in [-0.05, 0) is 14.1 Å². The zero-order chi connectivity index (χ0) is 14.6. The second kappa shape index (κ2) is 6.41. The van der Waals surface area contributed by atoms with E-state index in [2.05, 4.69) is 0 Å². The zero-order valence-electron chi connectivity index (χ0n) is 11.6. The van der Waals surface area contributed by atoms with Gasteiger partial charge in [-0.2, -0.15) is 5.26 Å². The van der Waals surface area contributed by atoms with Crippen LogP contribution in [-0.4, -0.2) is 52.2 Å². The average molecular weight is 282 g/mol. The minimum atomic E-state index is -0.512. The van der Waals surface area contributed by atoms with E-state index in [4.69, 9.17) is 15.7 Å². The van der Waals surface area contributed by atoms with Crippen molar-refractivity contribution in [1.82, 2.24) is 4.90 Å². The van der Waals surface area contributed by atoms with Crippen LogP contribution < -0.4 is 10.6 Å². The molecular weight excluding hydrogens is 264 g/mol. The van der Waals surface area contributed by atoms with Crippen LogP contribution >= 0.6 is 11.3 Å². The van der Waals surface area contributed by atoms with Crippen molar-refractivity contribution in [2.75, 3.05) is 52.0 Å². The number of anilines is 2. The van der Waals surface area contributed by atoms with E-state index in [1.165, 1.54) is 18.4 Å². The van der Waals surface area contributed by atoms with Gasteiger partial charge in [-0.15, -0.1) is 11.3 Å². The predicted octanol–water partition coefficient (Wildman–Crippen LogP) is 0.986. The van der Waals surface area contributed by atoms with Crippen LogP contribution in [0.1, 0.15) is 15.2 Å². The van der Waals surface area contributed by atoms with Crippen LogP contribution in [0.15, 0.2) is 0 Å². The van der Waals surface area contributed by atoms with Crippen molar-refractivity contribution >= 4 is 28.0 Å².